The summed E-state index contributed by atoms with van der Waals surface area (Å²) in [6, 6.07) is -0.132. The maximum atomic E-state index is 12.6. The van der Waals surface area contributed by atoms with Gasteiger partial charge in [-0.15, -0.1) is 0 Å². The molecule has 2 rings (SSSR count). The first kappa shape index (κ1) is 17.2. The number of nitrogens with one attached hydrogen (secondary N) is 2. The largest absolute Gasteiger partial charge is 0.349 e. The summed E-state index contributed by atoms with van der Waals surface area (Å²) >= 11 is 0. The number of carbonyl (C=O) groups excluding carboxylic acids is 2. The van der Waals surface area contributed by atoms with Gasteiger partial charge in [0.2, 0.25) is 11.8 Å². The highest BCUT2D eigenvalue weighted by Crippen LogP contribution is 2.26. The summed E-state index contributed by atoms with van der Waals surface area (Å²) in [4.78, 5) is 24.1. The van der Waals surface area contributed by atoms with Crippen LogP contribution in [-0.2, 0) is 15.1 Å². The van der Waals surface area contributed by atoms with E-state index in [0.717, 1.165) is 25.7 Å². The monoisotopic (exact) mass is 318 g/mol. The van der Waals surface area contributed by atoms with E-state index in [-0.39, 0.29) is 29.3 Å². The van der Waals surface area contributed by atoms with Crippen molar-refractivity contribution < 1.29 is 9.59 Å². The number of hydrogen-bond donors (Lipinski definition) is 2. The number of amides is 2. The zero-order chi connectivity index (χ0) is 17.0. The summed E-state index contributed by atoms with van der Waals surface area (Å²) in [5, 5.41) is 10.1. The number of anilines is 1. The van der Waals surface area contributed by atoms with Gasteiger partial charge in [-0.3, -0.25) is 14.3 Å². The summed E-state index contributed by atoms with van der Waals surface area (Å²) in [6.45, 7) is 9.61. The number of hydrogen-bond acceptors (Lipinski definition) is 3. The summed E-state index contributed by atoms with van der Waals surface area (Å²) in [6.07, 6.45) is 8.35. The van der Waals surface area contributed by atoms with Crippen molar-refractivity contribution in [3.8, 4) is 0 Å². The second-order valence-corrected chi connectivity index (χ2v) is 7.04. The van der Waals surface area contributed by atoms with Gasteiger partial charge >= 0.3 is 0 Å². The van der Waals surface area contributed by atoms with Gasteiger partial charge in [0.1, 0.15) is 0 Å². The van der Waals surface area contributed by atoms with Crippen LogP contribution < -0.4 is 10.6 Å². The van der Waals surface area contributed by atoms with Crippen molar-refractivity contribution in [2.45, 2.75) is 58.0 Å². The molecule has 0 aromatic carbocycles. The van der Waals surface area contributed by atoms with Crippen LogP contribution in [0.25, 0.3) is 0 Å². The van der Waals surface area contributed by atoms with Crippen LogP contribution in [0.15, 0.2) is 25.0 Å². The average molecular weight is 318 g/mol. The third-order valence-electron chi connectivity index (χ3n) is 4.15. The molecule has 6 heteroatoms. The molecule has 1 fully saturated rings. The van der Waals surface area contributed by atoms with Crippen molar-refractivity contribution in [2.24, 2.45) is 5.92 Å². The zero-order valence-electron chi connectivity index (χ0n) is 14.1. The van der Waals surface area contributed by atoms with E-state index in [1.807, 2.05) is 31.6 Å². The molecule has 126 valence electrons. The number of carbonyl (C=O) groups is 2. The van der Waals surface area contributed by atoms with Crippen LogP contribution in [0.3, 0.4) is 0 Å². The van der Waals surface area contributed by atoms with Gasteiger partial charge in [-0.05, 0) is 39.7 Å². The molecule has 6 nitrogen and oxygen atoms in total. The third kappa shape index (κ3) is 4.43. The van der Waals surface area contributed by atoms with E-state index >= 15 is 0 Å². The van der Waals surface area contributed by atoms with Crippen LogP contribution in [0.1, 0.15) is 46.5 Å². The molecular formula is C17H26N4O2. The predicted octanol–water partition coefficient (Wildman–Crippen LogP) is 2.44. The van der Waals surface area contributed by atoms with Crippen LogP contribution in [0.5, 0.6) is 0 Å². The lowest BCUT2D eigenvalue weighted by Gasteiger charge is -2.30. The van der Waals surface area contributed by atoms with E-state index in [9.17, 15) is 9.59 Å². The highest BCUT2D eigenvalue weighted by molar-refractivity contribution is 5.94. The number of aromatic nitrogens is 2. The van der Waals surface area contributed by atoms with Gasteiger partial charge in [-0.25, -0.2) is 0 Å². The van der Waals surface area contributed by atoms with Crippen LogP contribution >= 0.6 is 0 Å². The van der Waals surface area contributed by atoms with E-state index in [1.54, 1.807) is 6.20 Å². The lowest BCUT2D eigenvalue weighted by molar-refractivity contribution is -0.123. The van der Waals surface area contributed by atoms with E-state index in [2.05, 4.69) is 22.3 Å². The van der Waals surface area contributed by atoms with Crippen molar-refractivity contribution in [1.29, 1.82) is 0 Å². The van der Waals surface area contributed by atoms with Gasteiger partial charge in [0, 0.05) is 12.2 Å². The topological polar surface area (TPSA) is 76.0 Å². The van der Waals surface area contributed by atoms with Crippen molar-refractivity contribution >= 4 is 17.5 Å². The quantitative estimate of drug-likeness (QED) is 0.837. The van der Waals surface area contributed by atoms with E-state index < -0.39 is 0 Å². The lowest BCUT2D eigenvalue weighted by atomic mass is 9.83. The highest BCUT2D eigenvalue weighted by atomic mass is 16.2. The van der Waals surface area contributed by atoms with Gasteiger partial charge in [0.25, 0.3) is 0 Å². The molecule has 0 saturated heterocycles. The third-order valence-corrected chi connectivity index (χ3v) is 4.15. The molecule has 1 saturated carbocycles. The molecule has 1 aliphatic rings. The van der Waals surface area contributed by atoms with Crippen LogP contribution in [-0.4, -0.2) is 27.6 Å². The maximum absolute atomic E-state index is 12.6. The first-order chi connectivity index (χ1) is 10.8. The van der Waals surface area contributed by atoms with E-state index in [1.165, 1.54) is 6.08 Å². The molecule has 1 aliphatic carbocycles. The van der Waals surface area contributed by atoms with Crippen molar-refractivity contribution in [1.82, 2.24) is 15.1 Å². The van der Waals surface area contributed by atoms with Gasteiger partial charge < -0.3 is 10.6 Å². The molecule has 1 heterocycles. The second kappa shape index (κ2) is 6.98. The van der Waals surface area contributed by atoms with Crippen LogP contribution in [0.4, 0.5) is 5.69 Å². The Morgan fingerprint density at radius 2 is 2.04 bits per heavy atom. The van der Waals surface area contributed by atoms with Gasteiger partial charge in [0.05, 0.1) is 23.3 Å². The minimum Gasteiger partial charge on any atom is -0.349 e. The summed E-state index contributed by atoms with van der Waals surface area (Å²) in [5.74, 6) is -0.506. The Balaban J connectivity index is 2.04. The molecule has 0 unspecified atom stereocenters. The van der Waals surface area contributed by atoms with Crippen molar-refractivity contribution in [2.75, 3.05) is 5.32 Å². The number of rotatable bonds is 4. The van der Waals surface area contributed by atoms with Gasteiger partial charge in [-0.1, -0.05) is 19.4 Å². The molecule has 1 aromatic heterocycles. The fourth-order valence-electron chi connectivity index (χ4n) is 2.85. The first-order valence-corrected chi connectivity index (χ1v) is 8.10. The van der Waals surface area contributed by atoms with E-state index in [4.69, 9.17) is 0 Å². The Morgan fingerprint density at radius 3 is 2.65 bits per heavy atom. The normalized spacial score (nSPS) is 21.5. The molecule has 2 atom stereocenters. The molecule has 2 N–H and O–H groups in total. The highest BCUT2D eigenvalue weighted by Gasteiger charge is 2.32. The lowest BCUT2D eigenvalue weighted by Crippen LogP contribution is -2.46. The molecule has 23 heavy (non-hydrogen) atoms. The van der Waals surface area contributed by atoms with Crippen molar-refractivity contribution in [3.05, 3.63) is 25.0 Å². The minimum absolute atomic E-state index is 0.0625. The van der Waals surface area contributed by atoms with Crippen LogP contribution in [0.2, 0.25) is 0 Å². The van der Waals surface area contributed by atoms with Crippen LogP contribution in [0, 0.1) is 5.92 Å². The second-order valence-electron chi connectivity index (χ2n) is 7.04. The summed E-state index contributed by atoms with van der Waals surface area (Å²) in [5.41, 5.74) is 0.554. The Kier molecular flexibility index (Phi) is 5.23. The number of nitrogens with zero attached hydrogens (tertiary/aromatic N) is 2. The summed E-state index contributed by atoms with van der Waals surface area (Å²) in [7, 11) is 0. The Hall–Kier alpha value is -2.11. The Labute approximate surface area is 137 Å². The summed E-state index contributed by atoms with van der Waals surface area (Å²) < 4.78 is 1.82. The zero-order valence-corrected chi connectivity index (χ0v) is 14.1. The predicted molar refractivity (Wildman–Crippen MR) is 89.9 cm³/mol. The standard InChI is InChI=1S/C17H26N4O2/c1-5-15(22)20-14-9-7-6-8-13(14)16(23)19-12-10-18-21(11-12)17(2,3)4/h5,10-11,13-14H,1,6-9H2,2-4H3,(H,19,23)(H,20,22)/t13-,14+/m0/s1. The molecule has 0 spiro atoms. The van der Waals surface area contributed by atoms with Gasteiger partial charge in [0.15, 0.2) is 0 Å². The minimum atomic E-state index is -0.227. The fraction of sp³-hybridized carbons (Fsp3) is 0.588. The SMILES string of the molecule is C=CC(=O)N[C@@H]1CCCC[C@@H]1C(=O)Nc1cnn(C(C)(C)C)c1. The fourth-order valence-corrected chi connectivity index (χ4v) is 2.85. The molecule has 2 amide bonds. The average Bonchev–Trinajstić information content (AvgIpc) is 2.96. The van der Waals surface area contributed by atoms with Gasteiger partial charge in [-0.2, -0.15) is 5.10 Å². The first-order valence-electron chi connectivity index (χ1n) is 8.10. The van der Waals surface area contributed by atoms with Crippen molar-refractivity contribution in [3.63, 3.8) is 0 Å². The molecule has 1 aromatic rings. The molecular weight excluding hydrogens is 292 g/mol. The Morgan fingerprint density at radius 1 is 1.35 bits per heavy atom. The smallest absolute Gasteiger partial charge is 0.243 e. The Bertz CT molecular complexity index is 586. The molecule has 0 radical (unpaired) electrons. The molecule has 0 aliphatic heterocycles. The maximum Gasteiger partial charge on any atom is 0.243 e. The van der Waals surface area contributed by atoms with E-state index in [0.29, 0.717) is 5.69 Å². The molecule has 0 bridgehead atoms.